The average Bonchev–Trinajstić information content (AvgIpc) is 2.95. The number of nitrogens with one attached hydrogen (secondary N) is 1. The number of aromatic nitrogens is 2. The van der Waals surface area contributed by atoms with Crippen molar-refractivity contribution in [3.8, 4) is 0 Å². The second-order valence-corrected chi connectivity index (χ2v) is 5.51. The highest BCUT2D eigenvalue weighted by Gasteiger charge is 2.26. The number of fused-ring (bicyclic) bond motifs is 1. The van der Waals surface area contributed by atoms with Gasteiger partial charge >= 0.3 is 5.69 Å². The van der Waals surface area contributed by atoms with Crippen LogP contribution in [0.4, 0.5) is 5.82 Å². The van der Waals surface area contributed by atoms with E-state index in [-0.39, 0.29) is 17.4 Å². The fourth-order valence-electron chi connectivity index (χ4n) is 2.95. The zero-order chi connectivity index (χ0) is 14.3. The molecule has 2 aliphatic heterocycles. The summed E-state index contributed by atoms with van der Waals surface area (Å²) in [7, 11) is 3.20. The number of rotatable bonds is 2. The zero-order valence-electron chi connectivity index (χ0n) is 11.9. The highest BCUT2D eigenvalue weighted by Crippen LogP contribution is 2.19. The van der Waals surface area contributed by atoms with Crippen LogP contribution < -0.4 is 16.6 Å². The number of anilines is 1. The minimum absolute atomic E-state index is 0.215. The van der Waals surface area contributed by atoms with Crippen LogP contribution in [0.2, 0.25) is 0 Å². The van der Waals surface area contributed by atoms with Gasteiger partial charge in [0.05, 0.1) is 18.3 Å². The first-order chi connectivity index (χ1) is 9.58. The molecule has 0 saturated carbocycles. The van der Waals surface area contributed by atoms with Gasteiger partial charge in [-0.05, 0) is 12.8 Å². The van der Waals surface area contributed by atoms with Crippen LogP contribution >= 0.6 is 0 Å². The molecule has 1 saturated heterocycles. The fraction of sp³-hybridized carbons (Fsp3) is 0.692. The van der Waals surface area contributed by atoms with Crippen molar-refractivity contribution in [3.05, 3.63) is 26.4 Å². The molecule has 0 amide bonds. The third-order valence-corrected chi connectivity index (χ3v) is 4.10. The van der Waals surface area contributed by atoms with Crippen LogP contribution in [0.1, 0.15) is 18.4 Å². The monoisotopic (exact) mass is 280 g/mol. The molecule has 2 aliphatic rings. The molecule has 0 aromatic carbocycles. The van der Waals surface area contributed by atoms with Crippen molar-refractivity contribution in [1.82, 2.24) is 14.0 Å². The molecular weight excluding hydrogens is 260 g/mol. The largest absolute Gasteiger partial charge is 0.377 e. The molecule has 3 heterocycles. The van der Waals surface area contributed by atoms with E-state index in [9.17, 15) is 9.59 Å². The molecule has 7 nitrogen and oxygen atoms in total. The quantitative estimate of drug-likeness (QED) is 0.787. The van der Waals surface area contributed by atoms with Gasteiger partial charge in [-0.2, -0.15) is 0 Å². The minimum atomic E-state index is -0.297. The molecule has 1 fully saturated rings. The van der Waals surface area contributed by atoms with E-state index in [1.807, 2.05) is 0 Å². The number of ether oxygens (including phenoxy) is 1. The lowest BCUT2D eigenvalue weighted by molar-refractivity contribution is 0.0715. The maximum Gasteiger partial charge on any atom is 0.332 e. The van der Waals surface area contributed by atoms with Gasteiger partial charge in [0, 0.05) is 33.8 Å². The van der Waals surface area contributed by atoms with Crippen molar-refractivity contribution in [2.45, 2.75) is 25.5 Å². The Morgan fingerprint density at radius 1 is 1.30 bits per heavy atom. The summed E-state index contributed by atoms with van der Waals surface area (Å²) in [6.07, 6.45) is 2.45. The van der Waals surface area contributed by atoms with Crippen LogP contribution in [0, 0.1) is 0 Å². The van der Waals surface area contributed by atoms with Gasteiger partial charge in [-0.3, -0.25) is 18.8 Å². The van der Waals surface area contributed by atoms with Gasteiger partial charge in [-0.1, -0.05) is 0 Å². The molecule has 0 unspecified atom stereocenters. The van der Waals surface area contributed by atoms with E-state index < -0.39 is 0 Å². The lowest BCUT2D eigenvalue weighted by atomic mass is 10.2. The molecule has 110 valence electrons. The normalized spacial score (nSPS) is 22.6. The lowest BCUT2D eigenvalue weighted by Crippen LogP contribution is -2.47. The van der Waals surface area contributed by atoms with Crippen LogP contribution in [0.3, 0.4) is 0 Å². The van der Waals surface area contributed by atoms with E-state index in [1.54, 1.807) is 7.05 Å². The van der Waals surface area contributed by atoms with Crippen molar-refractivity contribution in [2.24, 2.45) is 14.1 Å². The van der Waals surface area contributed by atoms with E-state index in [0.717, 1.165) is 30.6 Å². The molecular formula is C13H20N4O3. The average molecular weight is 280 g/mol. The highest BCUT2D eigenvalue weighted by atomic mass is 16.5. The van der Waals surface area contributed by atoms with Crippen LogP contribution in [0.5, 0.6) is 0 Å². The predicted molar refractivity (Wildman–Crippen MR) is 74.8 cm³/mol. The van der Waals surface area contributed by atoms with E-state index in [0.29, 0.717) is 24.6 Å². The molecule has 0 aliphatic carbocycles. The molecule has 1 aromatic rings. The number of hydrogen-bond donors (Lipinski definition) is 1. The van der Waals surface area contributed by atoms with E-state index >= 15 is 0 Å². The highest BCUT2D eigenvalue weighted by molar-refractivity contribution is 5.45. The topological polar surface area (TPSA) is 68.5 Å². The van der Waals surface area contributed by atoms with Crippen LogP contribution in [0.15, 0.2) is 9.59 Å². The van der Waals surface area contributed by atoms with E-state index in [2.05, 4.69) is 10.2 Å². The number of nitrogens with zero attached hydrogens (tertiary/aromatic N) is 3. The molecule has 1 aromatic heterocycles. The van der Waals surface area contributed by atoms with Crippen LogP contribution in [-0.2, 0) is 25.4 Å². The Bertz CT molecular complexity index is 628. The smallest absolute Gasteiger partial charge is 0.332 e. The van der Waals surface area contributed by atoms with E-state index in [4.69, 9.17) is 4.74 Å². The van der Waals surface area contributed by atoms with Crippen molar-refractivity contribution < 1.29 is 4.74 Å². The van der Waals surface area contributed by atoms with Gasteiger partial charge in [0.1, 0.15) is 5.82 Å². The van der Waals surface area contributed by atoms with E-state index in [1.165, 1.54) is 11.6 Å². The molecule has 1 N–H and O–H groups in total. The van der Waals surface area contributed by atoms with Gasteiger partial charge in [0.2, 0.25) is 0 Å². The molecule has 20 heavy (non-hydrogen) atoms. The van der Waals surface area contributed by atoms with Gasteiger partial charge in [-0.25, -0.2) is 4.79 Å². The third-order valence-electron chi connectivity index (χ3n) is 4.10. The van der Waals surface area contributed by atoms with Crippen LogP contribution in [0.25, 0.3) is 0 Å². The molecule has 0 spiro atoms. The SMILES string of the molecule is Cn1c2c(c(=O)n(C)c1=O)CN(C[C@H]1CCCO1)CN2. The predicted octanol–water partition coefficient (Wildman–Crippen LogP) is -0.552. The summed E-state index contributed by atoms with van der Waals surface area (Å²) in [5.74, 6) is 0.640. The van der Waals surface area contributed by atoms with Crippen molar-refractivity contribution in [2.75, 3.05) is 25.1 Å². The third kappa shape index (κ3) is 2.16. The summed E-state index contributed by atoms with van der Waals surface area (Å²) in [6.45, 7) is 2.84. The first kappa shape index (κ1) is 13.4. The second kappa shape index (κ2) is 5.06. The van der Waals surface area contributed by atoms with Gasteiger partial charge in [-0.15, -0.1) is 0 Å². The molecule has 3 rings (SSSR count). The second-order valence-electron chi connectivity index (χ2n) is 5.51. The molecule has 0 radical (unpaired) electrons. The summed E-state index contributed by atoms with van der Waals surface area (Å²) in [5.41, 5.74) is 0.139. The van der Waals surface area contributed by atoms with Gasteiger partial charge < -0.3 is 10.1 Å². The Labute approximate surface area is 116 Å². The Hall–Kier alpha value is -1.60. The molecule has 0 bridgehead atoms. The first-order valence-electron chi connectivity index (χ1n) is 6.94. The van der Waals surface area contributed by atoms with Gasteiger partial charge in [0.25, 0.3) is 5.56 Å². The fourth-order valence-corrected chi connectivity index (χ4v) is 2.95. The minimum Gasteiger partial charge on any atom is -0.377 e. The Balaban J connectivity index is 1.87. The Morgan fingerprint density at radius 2 is 2.10 bits per heavy atom. The lowest BCUT2D eigenvalue weighted by Gasteiger charge is -2.31. The summed E-state index contributed by atoms with van der Waals surface area (Å²) in [6, 6.07) is 0. The first-order valence-corrected chi connectivity index (χ1v) is 6.94. The van der Waals surface area contributed by atoms with Crippen molar-refractivity contribution >= 4 is 5.82 Å². The number of hydrogen-bond acceptors (Lipinski definition) is 5. The summed E-state index contributed by atoms with van der Waals surface area (Å²) in [5, 5.41) is 3.18. The van der Waals surface area contributed by atoms with Crippen molar-refractivity contribution in [1.29, 1.82) is 0 Å². The van der Waals surface area contributed by atoms with Crippen LogP contribution in [-0.4, -0.2) is 40.0 Å². The van der Waals surface area contributed by atoms with Crippen molar-refractivity contribution in [3.63, 3.8) is 0 Å². The van der Waals surface area contributed by atoms with Gasteiger partial charge in [0.15, 0.2) is 0 Å². The Morgan fingerprint density at radius 3 is 2.80 bits per heavy atom. The standard InChI is InChI=1S/C13H20N4O3/c1-15-11-10(12(18)16(2)13(15)19)7-17(8-14-11)6-9-4-3-5-20-9/h9,14H,3-8H2,1-2H3/t9-/m1/s1. The maximum atomic E-state index is 12.2. The summed E-state index contributed by atoms with van der Waals surface area (Å²) < 4.78 is 8.30. The summed E-state index contributed by atoms with van der Waals surface area (Å²) in [4.78, 5) is 26.3. The molecule has 1 atom stereocenters. The molecule has 7 heteroatoms. The maximum absolute atomic E-state index is 12.2. The summed E-state index contributed by atoms with van der Waals surface area (Å²) >= 11 is 0. The zero-order valence-corrected chi connectivity index (χ0v) is 11.9. The Kier molecular flexibility index (Phi) is 3.39.